The third kappa shape index (κ3) is 3.00. The highest BCUT2D eigenvalue weighted by Crippen LogP contribution is 2.22. The number of hydrogen-bond acceptors (Lipinski definition) is 3. The number of halogens is 2. The second-order valence-electron chi connectivity index (χ2n) is 3.66. The summed E-state index contributed by atoms with van der Waals surface area (Å²) in [6.45, 7) is 0. The number of carbonyl (C=O) groups is 1. The van der Waals surface area contributed by atoms with Crippen molar-refractivity contribution in [3.63, 3.8) is 0 Å². The van der Waals surface area contributed by atoms with E-state index in [9.17, 15) is 9.18 Å². The highest BCUT2D eigenvalue weighted by molar-refractivity contribution is 6.34. The van der Waals surface area contributed by atoms with Gasteiger partial charge in [-0.3, -0.25) is 9.78 Å². The molecule has 0 aliphatic carbocycles. The van der Waals surface area contributed by atoms with Crippen LogP contribution in [0.4, 0.5) is 10.1 Å². The molecule has 6 heteroatoms. The maximum Gasteiger partial charge on any atom is 0.258 e. The van der Waals surface area contributed by atoms with Gasteiger partial charge in [0.2, 0.25) is 0 Å². The van der Waals surface area contributed by atoms with Crippen LogP contribution in [0.5, 0.6) is 5.75 Å². The zero-order valence-electron chi connectivity index (χ0n) is 9.98. The highest BCUT2D eigenvalue weighted by atomic mass is 35.5. The predicted molar refractivity (Wildman–Crippen MR) is 70.2 cm³/mol. The van der Waals surface area contributed by atoms with Gasteiger partial charge in [-0.15, -0.1) is 0 Å². The number of rotatable bonds is 3. The molecule has 1 heterocycles. The summed E-state index contributed by atoms with van der Waals surface area (Å²) < 4.78 is 18.1. The largest absolute Gasteiger partial charge is 0.494 e. The Morgan fingerprint density at radius 3 is 2.89 bits per heavy atom. The minimum Gasteiger partial charge on any atom is -0.494 e. The number of amides is 1. The van der Waals surface area contributed by atoms with Crippen molar-refractivity contribution in [3.05, 3.63) is 53.1 Å². The number of hydrogen-bond donors (Lipinski definition) is 1. The maximum atomic E-state index is 13.2. The Morgan fingerprint density at radius 2 is 2.21 bits per heavy atom. The van der Waals surface area contributed by atoms with Crippen molar-refractivity contribution in [1.29, 1.82) is 0 Å². The molecule has 0 bridgehead atoms. The minimum absolute atomic E-state index is 0.0510. The Kier molecular flexibility index (Phi) is 3.97. The van der Waals surface area contributed by atoms with Crippen LogP contribution in [0.15, 0.2) is 36.7 Å². The average molecular weight is 281 g/mol. The molecule has 0 atom stereocenters. The van der Waals surface area contributed by atoms with E-state index in [1.165, 1.54) is 43.8 Å². The van der Waals surface area contributed by atoms with E-state index in [-0.39, 0.29) is 11.3 Å². The van der Waals surface area contributed by atoms with Crippen LogP contribution >= 0.6 is 11.6 Å². The van der Waals surface area contributed by atoms with Gasteiger partial charge in [-0.05, 0) is 18.2 Å². The Balaban J connectivity index is 2.22. The van der Waals surface area contributed by atoms with Crippen molar-refractivity contribution in [2.24, 2.45) is 0 Å². The maximum absolute atomic E-state index is 13.2. The first-order valence-corrected chi connectivity index (χ1v) is 5.74. The molecule has 4 nitrogen and oxygen atoms in total. The standard InChI is InChI=1S/C13H10ClFN2O2/c1-19-12-6-8(2-3-11(12)15)17-13(18)9-7-16-5-4-10(9)14/h2-7H,1H3,(H,17,18). The first-order valence-electron chi connectivity index (χ1n) is 5.36. The predicted octanol–water partition coefficient (Wildman–Crippen LogP) is 3.14. The summed E-state index contributed by atoms with van der Waals surface area (Å²) >= 11 is 5.88. The van der Waals surface area contributed by atoms with E-state index in [4.69, 9.17) is 16.3 Å². The quantitative estimate of drug-likeness (QED) is 0.940. The number of benzene rings is 1. The number of anilines is 1. The number of ether oxygens (including phenoxy) is 1. The lowest BCUT2D eigenvalue weighted by Crippen LogP contribution is -2.12. The summed E-state index contributed by atoms with van der Waals surface area (Å²) in [7, 11) is 1.35. The summed E-state index contributed by atoms with van der Waals surface area (Å²) in [4.78, 5) is 15.8. The molecule has 1 N–H and O–H groups in total. The van der Waals surface area contributed by atoms with Gasteiger partial charge in [0.05, 0.1) is 17.7 Å². The van der Waals surface area contributed by atoms with Crippen LogP contribution in [-0.2, 0) is 0 Å². The number of nitrogens with zero attached hydrogens (tertiary/aromatic N) is 1. The van der Waals surface area contributed by atoms with Crippen molar-refractivity contribution in [3.8, 4) is 5.75 Å². The monoisotopic (exact) mass is 280 g/mol. The van der Waals surface area contributed by atoms with Gasteiger partial charge >= 0.3 is 0 Å². The van der Waals surface area contributed by atoms with Crippen molar-refractivity contribution >= 4 is 23.2 Å². The van der Waals surface area contributed by atoms with Gasteiger partial charge in [-0.1, -0.05) is 11.6 Å². The first-order chi connectivity index (χ1) is 9.11. The molecule has 0 fully saturated rings. The van der Waals surface area contributed by atoms with E-state index in [1.54, 1.807) is 0 Å². The first kappa shape index (κ1) is 13.3. The fraction of sp³-hybridized carbons (Fsp3) is 0.0769. The third-order valence-electron chi connectivity index (χ3n) is 2.42. The van der Waals surface area contributed by atoms with Gasteiger partial charge < -0.3 is 10.1 Å². The molecule has 19 heavy (non-hydrogen) atoms. The molecule has 0 unspecified atom stereocenters. The van der Waals surface area contributed by atoms with Gasteiger partial charge in [0.1, 0.15) is 0 Å². The van der Waals surface area contributed by atoms with Gasteiger partial charge in [0.25, 0.3) is 5.91 Å². The molecule has 2 aromatic rings. The van der Waals surface area contributed by atoms with Crippen LogP contribution in [0.1, 0.15) is 10.4 Å². The topological polar surface area (TPSA) is 51.2 Å². The molecule has 1 aromatic carbocycles. The molecule has 98 valence electrons. The van der Waals surface area contributed by atoms with Crippen LogP contribution in [0.2, 0.25) is 5.02 Å². The summed E-state index contributed by atoms with van der Waals surface area (Å²) in [5.74, 6) is -0.873. The molecule has 0 radical (unpaired) electrons. The summed E-state index contributed by atoms with van der Waals surface area (Å²) in [5, 5.41) is 2.88. The van der Waals surface area contributed by atoms with Crippen molar-refractivity contribution in [2.45, 2.75) is 0 Å². The number of carbonyl (C=O) groups excluding carboxylic acids is 1. The SMILES string of the molecule is COc1cc(NC(=O)c2cnccc2Cl)ccc1F. The molecular weight excluding hydrogens is 271 g/mol. The van der Waals surface area contributed by atoms with Crippen LogP contribution in [0, 0.1) is 5.82 Å². The molecule has 2 rings (SSSR count). The van der Waals surface area contributed by atoms with E-state index in [2.05, 4.69) is 10.3 Å². The number of pyridine rings is 1. The molecule has 1 amide bonds. The van der Waals surface area contributed by atoms with Gasteiger partial charge in [0.15, 0.2) is 11.6 Å². The molecule has 0 saturated carbocycles. The second kappa shape index (κ2) is 5.67. The van der Waals surface area contributed by atoms with E-state index < -0.39 is 11.7 Å². The third-order valence-corrected chi connectivity index (χ3v) is 2.75. The molecule has 0 spiro atoms. The van der Waals surface area contributed by atoms with Crippen LogP contribution in [-0.4, -0.2) is 18.0 Å². The van der Waals surface area contributed by atoms with Gasteiger partial charge in [-0.25, -0.2) is 4.39 Å². The Labute approximate surface area is 114 Å². The van der Waals surface area contributed by atoms with Crippen LogP contribution in [0.25, 0.3) is 0 Å². The highest BCUT2D eigenvalue weighted by Gasteiger charge is 2.11. The number of aromatic nitrogens is 1. The lowest BCUT2D eigenvalue weighted by atomic mass is 10.2. The zero-order valence-corrected chi connectivity index (χ0v) is 10.7. The lowest BCUT2D eigenvalue weighted by molar-refractivity contribution is 0.102. The molecule has 0 aliphatic heterocycles. The molecular formula is C13H10ClFN2O2. The van der Waals surface area contributed by atoms with E-state index in [0.29, 0.717) is 10.7 Å². The van der Waals surface area contributed by atoms with E-state index >= 15 is 0 Å². The molecule has 0 aliphatic rings. The number of methoxy groups -OCH3 is 1. The van der Waals surface area contributed by atoms with E-state index in [0.717, 1.165) is 0 Å². The minimum atomic E-state index is -0.500. The van der Waals surface area contributed by atoms with Crippen molar-refractivity contribution in [1.82, 2.24) is 4.98 Å². The zero-order chi connectivity index (χ0) is 13.8. The molecule has 1 aromatic heterocycles. The Morgan fingerprint density at radius 1 is 1.42 bits per heavy atom. The average Bonchev–Trinajstić information content (AvgIpc) is 2.41. The van der Waals surface area contributed by atoms with Crippen molar-refractivity contribution < 1.29 is 13.9 Å². The second-order valence-corrected chi connectivity index (χ2v) is 4.07. The Bertz CT molecular complexity index is 619. The lowest BCUT2D eigenvalue weighted by Gasteiger charge is -2.08. The number of nitrogens with one attached hydrogen (secondary N) is 1. The molecule has 0 saturated heterocycles. The summed E-state index contributed by atoms with van der Waals surface area (Å²) in [6, 6.07) is 5.54. The summed E-state index contributed by atoms with van der Waals surface area (Å²) in [6.07, 6.45) is 2.85. The Hall–Kier alpha value is -2.14. The van der Waals surface area contributed by atoms with Gasteiger partial charge in [-0.2, -0.15) is 0 Å². The normalized spacial score (nSPS) is 10.1. The fourth-order valence-corrected chi connectivity index (χ4v) is 1.67. The van der Waals surface area contributed by atoms with Gasteiger partial charge in [0, 0.05) is 24.1 Å². The smallest absolute Gasteiger partial charge is 0.258 e. The fourth-order valence-electron chi connectivity index (χ4n) is 1.48. The van der Waals surface area contributed by atoms with E-state index in [1.807, 2.05) is 0 Å². The van der Waals surface area contributed by atoms with Crippen LogP contribution < -0.4 is 10.1 Å². The summed E-state index contributed by atoms with van der Waals surface area (Å²) in [5.41, 5.74) is 0.649. The van der Waals surface area contributed by atoms with Crippen molar-refractivity contribution in [2.75, 3.05) is 12.4 Å². The van der Waals surface area contributed by atoms with Crippen LogP contribution in [0.3, 0.4) is 0 Å².